The van der Waals surface area contributed by atoms with Crippen LogP contribution in [0.15, 0.2) is 15.7 Å². The molecule has 0 amide bonds. The van der Waals surface area contributed by atoms with Gasteiger partial charge in [-0.05, 0) is 18.6 Å². The maximum atomic E-state index is 11.9. The Hall–Kier alpha value is -1.01. The van der Waals surface area contributed by atoms with E-state index < -0.39 is 0 Å². The van der Waals surface area contributed by atoms with Gasteiger partial charge in [0.15, 0.2) is 0 Å². The molecule has 0 aliphatic heterocycles. The van der Waals surface area contributed by atoms with Crippen molar-refractivity contribution in [2.45, 2.75) is 50.4 Å². The molecule has 6 heteroatoms. The molecule has 0 unspecified atom stereocenters. The van der Waals surface area contributed by atoms with Crippen LogP contribution in [-0.4, -0.2) is 26.2 Å². The van der Waals surface area contributed by atoms with Crippen LogP contribution < -0.4 is 16.6 Å². The van der Waals surface area contributed by atoms with E-state index in [1.165, 1.54) is 32.7 Å². The standard InChI is InChI=1S/C15H25N3O2S/c1-4-21-13-8-6-5-7-12(13)16-10-11-9-14(19)18(3)15(20)17(11)2/h9,12-13,16H,4-8,10H2,1-3H3/t12-,13+/m1/s1. The fourth-order valence-electron chi connectivity index (χ4n) is 2.93. The summed E-state index contributed by atoms with van der Waals surface area (Å²) in [6.07, 6.45) is 5.00. The summed E-state index contributed by atoms with van der Waals surface area (Å²) >= 11 is 2.01. The molecule has 1 aromatic heterocycles. The van der Waals surface area contributed by atoms with Crippen LogP contribution in [-0.2, 0) is 20.6 Å². The van der Waals surface area contributed by atoms with Gasteiger partial charge in [-0.25, -0.2) is 4.79 Å². The van der Waals surface area contributed by atoms with Gasteiger partial charge in [0.1, 0.15) is 0 Å². The van der Waals surface area contributed by atoms with Crippen molar-refractivity contribution < 1.29 is 0 Å². The van der Waals surface area contributed by atoms with Crippen LogP contribution in [0.2, 0.25) is 0 Å². The average molecular weight is 311 g/mol. The van der Waals surface area contributed by atoms with E-state index in [2.05, 4.69) is 12.2 Å². The third-order valence-electron chi connectivity index (χ3n) is 4.25. The van der Waals surface area contributed by atoms with Gasteiger partial charge in [-0.1, -0.05) is 19.8 Å². The molecule has 1 aliphatic rings. The lowest BCUT2D eigenvalue weighted by Gasteiger charge is -2.32. The van der Waals surface area contributed by atoms with Gasteiger partial charge in [0.25, 0.3) is 5.56 Å². The lowest BCUT2D eigenvalue weighted by atomic mass is 9.95. The number of aromatic nitrogens is 2. The van der Waals surface area contributed by atoms with Crippen LogP contribution in [0.4, 0.5) is 0 Å². The Balaban J connectivity index is 2.09. The second-order valence-corrected chi connectivity index (χ2v) is 7.16. The molecule has 1 fully saturated rings. The maximum Gasteiger partial charge on any atom is 0.330 e. The molecule has 21 heavy (non-hydrogen) atoms. The fraction of sp³-hybridized carbons (Fsp3) is 0.733. The lowest BCUT2D eigenvalue weighted by molar-refractivity contribution is 0.378. The first-order valence-electron chi connectivity index (χ1n) is 7.65. The molecule has 1 aromatic rings. The van der Waals surface area contributed by atoms with Crippen molar-refractivity contribution >= 4 is 11.8 Å². The van der Waals surface area contributed by atoms with Gasteiger partial charge < -0.3 is 5.32 Å². The molecule has 0 aromatic carbocycles. The number of nitrogens with zero attached hydrogens (tertiary/aromatic N) is 2. The molecule has 1 saturated carbocycles. The van der Waals surface area contributed by atoms with Gasteiger partial charge >= 0.3 is 5.69 Å². The second-order valence-electron chi connectivity index (χ2n) is 5.64. The number of nitrogens with one attached hydrogen (secondary N) is 1. The van der Waals surface area contributed by atoms with E-state index >= 15 is 0 Å². The highest BCUT2D eigenvalue weighted by molar-refractivity contribution is 7.99. The van der Waals surface area contributed by atoms with Gasteiger partial charge in [0.2, 0.25) is 0 Å². The largest absolute Gasteiger partial charge is 0.330 e. The highest BCUT2D eigenvalue weighted by Gasteiger charge is 2.24. The van der Waals surface area contributed by atoms with E-state index in [1.54, 1.807) is 17.7 Å². The van der Waals surface area contributed by atoms with E-state index in [9.17, 15) is 9.59 Å². The first-order chi connectivity index (χ1) is 10.0. The van der Waals surface area contributed by atoms with Crippen LogP contribution in [0, 0.1) is 0 Å². The molecule has 2 rings (SSSR count). The van der Waals surface area contributed by atoms with E-state index in [0.29, 0.717) is 17.8 Å². The van der Waals surface area contributed by atoms with Gasteiger partial charge in [-0.2, -0.15) is 11.8 Å². The molecule has 2 atom stereocenters. The van der Waals surface area contributed by atoms with Crippen molar-refractivity contribution in [1.82, 2.24) is 14.5 Å². The smallest absolute Gasteiger partial charge is 0.307 e. The Morgan fingerprint density at radius 3 is 2.67 bits per heavy atom. The zero-order valence-corrected chi connectivity index (χ0v) is 13.9. The Morgan fingerprint density at radius 2 is 1.95 bits per heavy atom. The molecule has 118 valence electrons. The highest BCUT2D eigenvalue weighted by atomic mass is 32.2. The van der Waals surface area contributed by atoms with Crippen molar-refractivity contribution in [1.29, 1.82) is 0 Å². The summed E-state index contributed by atoms with van der Waals surface area (Å²) in [4.78, 5) is 23.7. The summed E-state index contributed by atoms with van der Waals surface area (Å²) in [7, 11) is 3.23. The van der Waals surface area contributed by atoms with Crippen molar-refractivity contribution in [3.05, 3.63) is 32.6 Å². The van der Waals surface area contributed by atoms with E-state index in [0.717, 1.165) is 16.0 Å². The van der Waals surface area contributed by atoms with Gasteiger partial charge in [-0.3, -0.25) is 13.9 Å². The fourth-order valence-corrected chi connectivity index (χ4v) is 4.15. The van der Waals surface area contributed by atoms with E-state index in [-0.39, 0.29) is 11.2 Å². The summed E-state index contributed by atoms with van der Waals surface area (Å²) in [6.45, 7) is 2.77. The molecule has 0 saturated heterocycles. The Kier molecular flexibility index (Phi) is 5.70. The second kappa shape index (κ2) is 7.31. The molecule has 0 spiro atoms. The summed E-state index contributed by atoms with van der Waals surface area (Å²) in [5, 5.41) is 4.20. The minimum atomic E-state index is -0.262. The van der Waals surface area contributed by atoms with Gasteiger partial charge in [-0.15, -0.1) is 0 Å². The van der Waals surface area contributed by atoms with Gasteiger partial charge in [0, 0.05) is 43.7 Å². The minimum absolute atomic E-state index is 0.238. The zero-order chi connectivity index (χ0) is 15.4. The molecular formula is C15H25N3O2S. The third kappa shape index (κ3) is 3.80. The Labute approximate surface area is 129 Å². The highest BCUT2D eigenvalue weighted by Crippen LogP contribution is 2.28. The van der Waals surface area contributed by atoms with Gasteiger partial charge in [0.05, 0.1) is 0 Å². The predicted molar refractivity (Wildman–Crippen MR) is 87.9 cm³/mol. The molecule has 1 aliphatic carbocycles. The Morgan fingerprint density at radius 1 is 1.24 bits per heavy atom. The van der Waals surface area contributed by atoms with Crippen molar-refractivity contribution in [2.24, 2.45) is 14.1 Å². The molecule has 0 bridgehead atoms. The summed E-state index contributed by atoms with van der Waals surface area (Å²) in [6, 6.07) is 2.03. The van der Waals surface area contributed by atoms with E-state index in [1.807, 2.05) is 11.8 Å². The monoisotopic (exact) mass is 311 g/mol. The maximum absolute atomic E-state index is 11.9. The van der Waals surface area contributed by atoms with Crippen LogP contribution in [0.3, 0.4) is 0 Å². The number of rotatable bonds is 5. The van der Waals surface area contributed by atoms with E-state index in [4.69, 9.17) is 0 Å². The van der Waals surface area contributed by atoms with Crippen LogP contribution in [0.5, 0.6) is 0 Å². The first kappa shape index (κ1) is 16.4. The first-order valence-corrected chi connectivity index (χ1v) is 8.70. The average Bonchev–Trinajstić information content (AvgIpc) is 2.49. The van der Waals surface area contributed by atoms with Crippen LogP contribution >= 0.6 is 11.8 Å². The summed E-state index contributed by atoms with van der Waals surface area (Å²) in [5.74, 6) is 1.13. The van der Waals surface area contributed by atoms with Crippen LogP contribution in [0.25, 0.3) is 0 Å². The SMILES string of the molecule is CCS[C@H]1CCCC[C@H]1NCc1cc(=O)n(C)c(=O)n1C. The number of thioether (sulfide) groups is 1. The molecule has 0 radical (unpaired) electrons. The number of hydrogen-bond donors (Lipinski definition) is 1. The third-order valence-corrected chi connectivity index (χ3v) is 5.58. The minimum Gasteiger partial charge on any atom is -0.307 e. The topological polar surface area (TPSA) is 56.0 Å². The number of hydrogen-bond acceptors (Lipinski definition) is 4. The quantitative estimate of drug-likeness (QED) is 0.889. The van der Waals surface area contributed by atoms with Crippen LogP contribution in [0.1, 0.15) is 38.3 Å². The molecule has 5 nitrogen and oxygen atoms in total. The summed E-state index contributed by atoms with van der Waals surface area (Å²) in [5.41, 5.74) is 0.259. The zero-order valence-electron chi connectivity index (χ0n) is 13.1. The summed E-state index contributed by atoms with van der Waals surface area (Å²) < 4.78 is 2.69. The van der Waals surface area contributed by atoms with Crippen molar-refractivity contribution in [3.8, 4) is 0 Å². The molecular weight excluding hydrogens is 286 g/mol. The molecule has 1 heterocycles. The normalized spacial score (nSPS) is 22.4. The Bertz CT molecular complexity index is 592. The molecule has 1 N–H and O–H groups in total. The lowest BCUT2D eigenvalue weighted by Crippen LogP contribution is -2.43. The van der Waals surface area contributed by atoms with Crippen molar-refractivity contribution in [2.75, 3.05) is 5.75 Å². The predicted octanol–water partition coefficient (Wildman–Crippen LogP) is 1.24. The van der Waals surface area contributed by atoms with Crippen molar-refractivity contribution in [3.63, 3.8) is 0 Å².